The van der Waals surface area contributed by atoms with Gasteiger partial charge in [0.25, 0.3) is 0 Å². The number of hydrogen-bond donors (Lipinski definition) is 2. The van der Waals surface area contributed by atoms with Crippen LogP contribution in [-0.2, 0) is 10.2 Å². The molecular weight excluding hydrogens is 294 g/mol. The molecule has 0 bridgehead atoms. The second kappa shape index (κ2) is 4.59. The first-order valence-corrected chi connectivity index (χ1v) is 7.39. The van der Waals surface area contributed by atoms with Crippen LogP contribution in [0.4, 0.5) is 5.69 Å². The summed E-state index contributed by atoms with van der Waals surface area (Å²) in [5, 5.41) is 12.1. The molecule has 1 amide bonds. The van der Waals surface area contributed by atoms with Crippen LogP contribution in [0.2, 0.25) is 0 Å². The Balaban J connectivity index is 1.74. The normalized spacial score (nSPS) is 24.2. The number of benzene rings is 2. The maximum absolute atomic E-state index is 12.5. The van der Waals surface area contributed by atoms with Gasteiger partial charge < -0.3 is 15.2 Å². The Morgan fingerprint density at radius 3 is 2.65 bits per heavy atom. The minimum atomic E-state index is -0.982. The van der Waals surface area contributed by atoms with Gasteiger partial charge in [-0.3, -0.25) is 4.79 Å². The Morgan fingerprint density at radius 2 is 2.00 bits per heavy atom. The second-order valence-electron chi connectivity index (χ2n) is 6.02. The molecule has 2 N–H and O–H groups in total. The van der Waals surface area contributed by atoms with Gasteiger partial charge in [0.2, 0.25) is 5.91 Å². The van der Waals surface area contributed by atoms with E-state index in [1.165, 1.54) is 6.07 Å². The molecule has 1 fully saturated rings. The standard InChI is InChI=1S/C18H15NO4/c1-23-12-5-2-10(3-6-12)14-9-18(14)13-8-11(16(20)21)4-7-15(13)19-17(18)22/h2-8,14H,9H2,1H3,(H,19,22)(H,20,21)/t14-,18+/m0/s1. The number of anilines is 1. The Labute approximate surface area is 132 Å². The molecule has 5 nitrogen and oxygen atoms in total. The topological polar surface area (TPSA) is 75.6 Å². The maximum atomic E-state index is 12.5. The van der Waals surface area contributed by atoms with Crippen LogP contribution in [0.5, 0.6) is 5.75 Å². The van der Waals surface area contributed by atoms with Gasteiger partial charge in [0.15, 0.2) is 0 Å². The Kier molecular flexibility index (Phi) is 2.75. The fraction of sp³-hybridized carbons (Fsp3) is 0.222. The highest BCUT2D eigenvalue weighted by Gasteiger charge is 2.65. The molecule has 2 atom stereocenters. The van der Waals surface area contributed by atoms with Gasteiger partial charge in [-0.05, 0) is 47.9 Å². The van der Waals surface area contributed by atoms with Crippen LogP contribution in [0.1, 0.15) is 33.8 Å². The van der Waals surface area contributed by atoms with E-state index >= 15 is 0 Å². The van der Waals surface area contributed by atoms with E-state index in [9.17, 15) is 14.7 Å². The van der Waals surface area contributed by atoms with E-state index in [4.69, 9.17) is 4.74 Å². The number of carbonyl (C=O) groups is 2. The van der Waals surface area contributed by atoms with Crippen molar-refractivity contribution in [3.8, 4) is 5.75 Å². The first-order valence-electron chi connectivity index (χ1n) is 7.39. The van der Waals surface area contributed by atoms with Gasteiger partial charge in [0.1, 0.15) is 5.75 Å². The number of methoxy groups -OCH3 is 1. The summed E-state index contributed by atoms with van der Waals surface area (Å²) in [5.74, 6) is -0.189. The van der Waals surface area contributed by atoms with Gasteiger partial charge in [-0.1, -0.05) is 12.1 Å². The van der Waals surface area contributed by atoms with E-state index in [2.05, 4.69) is 5.32 Å². The molecule has 0 saturated heterocycles. The van der Waals surface area contributed by atoms with Crippen LogP contribution >= 0.6 is 0 Å². The third kappa shape index (κ3) is 1.86. The number of hydrogen-bond acceptors (Lipinski definition) is 3. The largest absolute Gasteiger partial charge is 0.497 e. The van der Waals surface area contributed by atoms with E-state index in [1.54, 1.807) is 19.2 Å². The molecule has 5 heteroatoms. The number of nitrogens with one attached hydrogen (secondary N) is 1. The minimum Gasteiger partial charge on any atom is -0.497 e. The van der Waals surface area contributed by atoms with Crippen molar-refractivity contribution in [3.05, 3.63) is 59.2 Å². The Hall–Kier alpha value is -2.82. The molecule has 0 radical (unpaired) electrons. The molecule has 0 aromatic heterocycles. The SMILES string of the molecule is COc1ccc([C@@H]2C[C@]23C(=O)Nc2ccc(C(=O)O)cc23)cc1. The van der Waals surface area contributed by atoms with Crippen molar-refractivity contribution in [3.63, 3.8) is 0 Å². The average Bonchev–Trinajstić information content (AvgIpc) is 3.25. The highest BCUT2D eigenvalue weighted by Crippen LogP contribution is 2.65. The molecule has 1 saturated carbocycles. The molecule has 1 aliphatic heterocycles. The summed E-state index contributed by atoms with van der Waals surface area (Å²) in [7, 11) is 1.61. The summed E-state index contributed by atoms with van der Waals surface area (Å²) in [4.78, 5) is 23.7. The quantitative estimate of drug-likeness (QED) is 0.914. The summed E-state index contributed by atoms with van der Waals surface area (Å²) >= 11 is 0. The zero-order chi connectivity index (χ0) is 16.2. The van der Waals surface area contributed by atoms with Crippen molar-refractivity contribution in [1.82, 2.24) is 0 Å². The number of amides is 1. The van der Waals surface area contributed by atoms with Crippen LogP contribution in [0.3, 0.4) is 0 Å². The van der Waals surface area contributed by atoms with Gasteiger partial charge in [0.05, 0.1) is 18.1 Å². The molecule has 0 unspecified atom stereocenters. The number of fused-ring (bicyclic) bond motifs is 2. The third-order valence-corrected chi connectivity index (χ3v) is 4.88. The number of carboxylic acids is 1. The summed E-state index contributed by atoms with van der Waals surface area (Å²) in [5.41, 5.74) is 2.16. The van der Waals surface area contributed by atoms with Crippen LogP contribution < -0.4 is 10.1 Å². The minimum absolute atomic E-state index is 0.0455. The monoisotopic (exact) mass is 309 g/mol. The predicted molar refractivity (Wildman–Crippen MR) is 84.1 cm³/mol. The molecule has 2 aliphatic rings. The zero-order valence-corrected chi connectivity index (χ0v) is 12.5. The molecule has 4 rings (SSSR count). The second-order valence-corrected chi connectivity index (χ2v) is 6.02. The lowest BCUT2D eigenvalue weighted by Crippen LogP contribution is -2.21. The van der Waals surface area contributed by atoms with Crippen molar-refractivity contribution in [2.24, 2.45) is 0 Å². The van der Waals surface area contributed by atoms with Crippen molar-refractivity contribution >= 4 is 17.6 Å². The number of ether oxygens (including phenoxy) is 1. The molecule has 23 heavy (non-hydrogen) atoms. The molecule has 1 heterocycles. The van der Waals surface area contributed by atoms with Gasteiger partial charge in [-0.25, -0.2) is 4.79 Å². The third-order valence-electron chi connectivity index (χ3n) is 4.88. The maximum Gasteiger partial charge on any atom is 0.335 e. The predicted octanol–water partition coefficient (Wildman–Crippen LogP) is 2.77. The first-order chi connectivity index (χ1) is 11.1. The molecule has 2 aromatic carbocycles. The Bertz CT molecular complexity index is 827. The first kappa shape index (κ1) is 13.8. The lowest BCUT2D eigenvalue weighted by Gasteiger charge is -2.10. The van der Waals surface area contributed by atoms with E-state index in [0.717, 1.165) is 22.6 Å². The van der Waals surface area contributed by atoms with E-state index < -0.39 is 11.4 Å². The lowest BCUT2D eigenvalue weighted by molar-refractivity contribution is -0.118. The zero-order valence-electron chi connectivity index (χ0n) is 12.5. The Morgan fingerprint density at radius 1 is 1.26 bits per heavy atom. The van der Waals surface area contributed by atoms with Gasteiger partial charge >= 0.3 is 5.97 Å². The van der Waals surface area contributed by atoms with E-state index in [-0.39, 0.29) is 17.4 Å². The fourth-order valence-corrected chi connectivity index (χ4v) is 3.56. The van der Waals surface area contributed by atoms with Gasteiger partial charge in [-0.2, -0.15) is 0 Å². The van der Waals surface area contributed by atoms with Crippen LogP contribution in [-0.4, -0.2) is 24.1 Å². The van der Waals surface area contributed by atoms with Gasteiger partial charge in [0, 0.05) is 11.6 Å². The van der Waals surface area contributed by atoms with E-state index in [0.29, 0.717) is 6.42 Å². The summed E-state index contributed by atoms with van der Waals surface area (Å²) in [6.07, 6.45) is 0.696. The van der Waals surface area contributed by atoms with Crippen molar-refractivity contribution < 1.29 is 19.4 Å². The number of carbonyl (C=O) groups excluding carboxylic acids is 1. The molecule has 2 aromatic rings. The van der Waals surface area contributed by atoms with Crippen molar-refractivity contribution in [1.29, 1.82) is 0 Å². The molecule has 116 valence electrons. The molecule has 1 spiro atoms. The number of rotatable bonds is 3. The van der Waals surface area contributed by atoms with Crippen LogP contribution in [0.25, 0.3) is 0 Å². The lowest BCUT2D eigenvalue weighted by atomic mass is 9.91. The average molecular weight is 309 g/mol. The van der Waals surface area contributed by atoms with Crippen molar-refractivity contribution in [2.45, 2.75) is 17.8 Å². The van der Waals surface area contributed by atoms with Crippen LogP contribution in [0.15, 0.2) is 42.5 Å². The summed E-state index contributed by atoms with van der Waals surface area (Å²) in [6, 6.07) is 12.5. The molecule has 1 aliphatic carbocycles. The highest BCUT2D eigenvalue weighted by atomic mass is 16.5. The smallest absolute Gasteiger partial charge is 0.335 e. The molecular formula is C18H15NO4. The number of aromatic carboxylic acids is 1. The van der Waals surface area contributed by atoms with E-state index in [1.807, 2.05) is 24.3 Å². The fourth-order valence-electron chi connectivity index (χ4n) is 3.56. The summed E-state index contributed by atoms with van der Waals surface area (Å²) in [6.45, 7) is 0. The number of carboxylic acid groups (broad SMARTS) is 1. The van der Waals surface area contributed by atoms with Gasteiger partial charge in [-0.15, -0.1) is 0 Å². The van der Waals surface area contributed by atoms with Crippen molar-refractivity contribution in [2.75, 3.05) is 12.4 Å². The van der Waals surface area contributed by atoms with Crippen LogP contribution in [0, 0.1) is 0 Å². The highest BCUT2D eigenvalue weighted by molar-refractivity contribution is 6.10. The summed E-state index contributed by atoms with van der Waals surface area (Å²) < 4.78 is 5.16.